The summed E-state index contributed by atoms with van der Waals surface area (Å²) in [6.45, 7) is 4.37. The van der Waals surface area contributed by atoms with Crippen molar-refractivity contribution in [2.75, 3.05) is 12.4 Å². The van der Waals surface area contributed by atoms with Gasteiger partial charge in [-0.25, -0.2) is 0 Å². The molecule has 2 rings (SSSR count). The topological polar surface area (TPSA) is 12.0 Å². The van der Waals surface area contributed by atoms with E-state index >= 15 is 0 Å². The molecule has 0 radical (unpaired) electrons. The molecule has 1 nitrogen and oxygen atoms in total. The minimum atomic E-state index is 0.446. The first-order valence-electron chi connectivity index (χ1n) is 6.05. The number of nitrogens with one attached hydrogen (secondary N) is 1. The summed E-state index contributed by atoms with van der Waals surface area (Å²) in [6, 6.07) is 17.4. The second-order valence-electron chi connectivity index (χ2n) is 4.50. The van der Waals surface area contributed by atoms with Crippen LogP contribution in [-0.4, -0.2) is 7.05 Å². The average molecular weight is 225 g/mol. The van der Waals surface area contributed by atoms with Crippen LogP contribution in [0.25, 0.3) is 0 Å². The molecule has 0 aliphatic rings. The molecule has 0 aliphatic heterocycles. The highest BCUT2D eigenvalue weighted by atomic mass is 14.8. The molecule has 1 heteroatoms. The summed E-state index contributed by atoms with van der Waals surface area (Å²) in [5.41, 5.74) is 5.19. The fraction of sp³-hybridized carbons (Fsp3) is 0.250. The lowest BCUT2D eigenvalue weighted by molar-refractivity contribution is 0.921. The number of aryl methyl sites for hydroxylation is 1. The van der Waals surface area contributed by atoms with Crippen molar-refractivity contribution in [1.82, 2.24) is 0 Å². The Hall–Kier alpha value is -1.76. The lowest BCUT2D eigenvalue weighted by Gasteiger charge is -2.13. The number of hydrogen-bond acceptors (Lipinski definition) is 1. The Morgan fingerprint density at radius 1 is 0.824 bits per heavy atom. The molecule has 2 aromatic rings. The minimum Gasteiger partial charge on any atom is -0.388 e. The summed E-state index contributed by atoms with van der Waals surface area (Å²) >= 11 is 0. The molecule has 0 saturated carbocycles. The van der Waals surface area contributed by atoms with Crippen LogP contribution in [0.3, 0.4) is 0 Å². The van der Waals surface area contributed by atoms with Crippen molar-refractivity contribution in [3.8, 4) is 0 Å². The summed E-state index contributed by atoms with van der Waals surface area (Å²) in [4.78, 5) is 0. The van der Waals surface area contributed by atoms with E-state index in [1.807, 2.05) is 7.05 Å². The van der Waals surface area contributed by atoms with E-state index in [4.69, 9.17) is 0 Å². The molecule has 0 bridgehead atoms. The number of rotatable bonds is 3. The highest BCUT2D eigenvalue weighted by Gasteiger charge is 2.07. The Kier molecular flexibility index (Phi) is 3.48. The summed E-state index contributed by atoms with van der Waals surface area (Å²) in [5.74, 6) is 0.446. The monoisotopic (exact) mass is 225 g/mol. The maximum Gasteiger partial charge on any atom is 0.0337 e. The van der Waals surface area contributed by atoms with E-state index in [2.05, 4.69) is 67.7 Å². The van der Waals surface area contributed by atoms with Gasteiger partial charge in [0.2, 0.25) is 0 Å². The van der Waals surface area contributed by atoms with E-state index in [1.54, 1.807) is 0 Å². The van der Waals surface area contributed by atoms with Gasteiger partial charge >= 0.3 is 0 Å². The van der Waals surface area contributed by atoms with Gasteiger partial charge in [-0.05, 0) is 30.2 Å². The molecule has 1 N–H and O–H groups in total. The van der Waals surface area contributed by atoms with Crippen LogP contribution in [0.4, 0.5) is 5.69 Å². The first-order valence-corrected chi connectivity index (χ1v) is 6.05. The quantitative estimate of drug-likeness (QED) is 0.826. The van der Waals surface area contributed by atoms with Crippen LogP contribution in [0.15, 0.2) is 48.5 Å². The fourth-order valence-corrected chi connectivity index (χ4v) is 1.99. The molecule has 0 saturated heterocycles. The maximum atomic E-state index is 3.14. The van der Waals surface area contributed by atoms with Gasteiger partial charge in [0.1, 0.15) is 0 Å². The van der Waals surface area contributed by atoms with Gasteiger partial charge in [0, 0.05) is 18.7 Å². The molecule has 0 unspecified atom stereocenters. The second kappa shape index (κ2) is 5.05. The molecule has 1 atom stereocenters. The standard InChI is InChI=1S/C16H19N/c1-12-4-6-14(7-5-12)13(2)15-8-10-16(17-3)11-9-15/h4-11,13,17H,1-3H3/t13-/m0/s1. The van der Waals surface area contributed by atoms with Crippen LogP contribution in [0.2, 0.25) is 0 Å². The molecule has 0 spiro atoms. The summed E-state index contributed by atoms with van der Waals surface area (Å²) in [7, 11) is 1.94. The maximum absolute atomic E-state index is 3.14. The Morgan fingerprint density at radius 3 is 1.76 bits per heavy atom. The Bertz CT molecular complexity index is 468. The van der Waals surface area contributed by atoms with Crippen molar-refractivity contribution >= 4 is 5.69 Å². The van der Waals surface area contributed by atoms with E-state index in [-0.39, 0.29) is 0 Å². The van der Waals surface area contributed by atoms with Crippen molar-refractivity contribution in [2.24, 2.45) is 0 Å². The zero-order valence-electron chi connectivity index (χ0n) is 10.7. The first kappa shape index (κ1) is 11.7. The molecular formula is C16H19N. The van der Waals surface area contributed by atoms with Gasteiger partial charge in [-0.2, -0.15) is 0 Å². The molecule has 88 valence electrons. The van der Waals surface area contributed by atoms with E-state index in [9.17, 15) is 0 Å². The van der Waals surface area contributed by atoms with E-state index in [0.717, 1.165) is 5.69 Å². The predicted octanol–water partition coefficient (Wildman–Crippen LogP) is 4.19. The van der Waals surface area contributed by atoms with Gasteiger partial charge in [-0.15, -0.1) is 0 Å². The largest absolute Gasteiger partial charge is 0.388 e. The average Bonchev–Trinajstić information content (AvgIpc) is 2.39. The third kappa shape index (κ3) is 2.68. The summed E-state index contributed by atoms with van der Waals surface area (Å²) in [5, 5.41) is 3.14. The molecule has 0 fully saturated rings. The van der Waals surface area contributed by atoms with Crippen LogP contribution in [0.5, 0.6) is 0 Å². The van der Waals surface area contributed by atoms with Gasteiger partial charge < -0.3 is 5.32 Å². The summed E-state index contributed by atoms with van der Waals surface area (Å²) in [6.07, 6.45) is 0. The minimum absolute atomic E-state index is 0.446. The molecule has 0 amide bonds. The third-order valence-corrected chi connectivity index (χ3v) is 3.28. The summed E-state index contributed by atoms with van der Waals surface area (Å²) < 4.78 is 0. The van der Waals surface area contributed by atoms with E-state index in [0.29, 0.717) is 5.92 Å². The van der Waals surface area contributed by atoms with E-state index < -0.39 is 0 Å². The molecule has 0 aliphatic carbocycles. The second-order valence-corrected chi connectivity index (χ2v) is 4.50. The Labute approximate surface area is 103 Å². The van der Waals surface area contributed by atoms with Gasteiger partial charge in [-0.3, -0.25) is 0 Å². The van der Waals surface area contributed by atoms with Crippen molar-refractivity contribution in [3.63, 3.8) is 0 Å². The SMILES string of the molecule is CNc1ccc([C@@H](C)c2ccc(C)cc2)cc1. The predicted molar refractivity (Wildman–Crippen MR) is 74.7 cm³/mol. The van der Waals surface area contributed by atoms with Gasteiger partial charge in [0.15, 0.2) is 0 Å². The lowest BCUT2D eigenvalue weighted by Crippen LogP contribution is -1.96. The zero-order valence-corrected chi connectivity index (χ0v) is 10.7. The van der Waals surface area contributed by atoms with Crippen molar-refractivity contribution in [3.05, 3.63) is 65.2 Å². The molecule has 17 heavy (non-hydrogen) atoms. The van der Waals surface area contributed by atoms with Gasteiger partial charge in [0.05, 0.1) is 0 Å². The molecule has 0 aromatic heterocycles. The van der Waals surface area contributed by atoms with Crippen LogP contribution in [0, 0.1) is 6.92 Å². The van der Waals surface area contributed by atoms with E-state index in [1.165, 1.54) is 16.7 Å². The third-order valence-electron chi connectivity index (χ3n) is 3.28. The fourth-order valence-electron chi connectivity index (χ4n) is 1.99. The van der Waals surface area contributed by atoms with Crippen molar-refractivity contribution in [1.29, 1.82) is 0 Å². The Balaban J connectivity index is 2.23. The van der Waals surface area contributed by atoms with Gasteiger partial charge in [-0.1, -0.05) is 48.9 Å². The van der Waals surface area contributed by atoms with Crippen LogP contribution >= 0.6 is 0 Å². The number of hydrogen-bond donors (Lipinski definition) is 1. The lowest BCUT2D eigenvalue weighted by atomic mass is 9.92. The molecular weight excluding hydrogens is 206 g/mol. The molecule has 2 aromatic carbocycles. The van der Waals surface area contributed by atoms with Crippen molar-refractivity contribution in [2.45, 2.75) is 19.8 Å². The van der Waals surface area contributed by atoms with Gasteiger partial charge in [0.25, 0.3) is 0 Å². The molecule has 0 heterocycles. The van der Waals surface area contributed by atoms with Crippen LogP contribution in [-0.2, 0) is 0 Å². The van der Waals surface area contributed by atoms with Crippen LogP contribution < -0.4 is 5.32 Å². The normalized spacial score (nSPS) is 12.2. The van der Waals surface area contributed by atoms with Crippen LogP contribution in [0.1, 0.15) is 29.5 Å². The highest BCUT2D eigenvalue weighted by molar-refractivity contribution is 5.46. The zero-order chi connectivity index (χ0) is 12.3. The Morgan fingerprint density at radius 2 is 1.29 bits per heavy atom. The highest BCUT2D eigenvalue weighted by Crippen LogP contribution is 2.25. The smallest absolute Gasteiger partial charge is 0.0337 e. The first-order chi connectivity index (χ1) is 8.20. The van der Waals surface area contributed by atoms with Crippen molar-refractivity contribution < 1.29 is 0 Å². The number of anilines is 1. The number of benzene rings is 2.